The molecule has 0 heterocycles. The van der Waals surface area contributed by atoms with Gasteiger partial charge >= 0.3 is 5.97 Å². The van der Waals surface area contributed by atoms with Crippen molar-refractivity contribution in [3.8, 4) is 0 Å². The van der Waals surface area contributed by atoms with Gasteiger partial charge in [0.1, 0.15) is 0 Å². The van der Waals surface area contributed by atoms with Crippen molar-refractivity contribution in [2.24, 2.45) is 0 Å². The molecule has 0 amide bonds. The molecule has 15 heavy (non-hydrogen) atoms. The van der Waals surface area contributed by atoms with Crippen LogP contribution in [0.1, 0.15) is 23.1 Å². The van der Waals surface area contributed by atoms with Gasteiger partial charge in [0.2, 0.25) is 0 Å². The molecule has 0 aliphatic carbocycles. The molecule has 82 valence electrons. The maximum atomic E-state index is 11.0. The summed E-state index contributed by atoms with van der Waals surface area (Å²) in [5.74, 6) is -0.159. The molecule has 1 rings (SSSR count). The van der Waals surface area contributed by atoms with E-state index < -0.39 is 0 Å². The first-order valence-electron chi connectivity index (χ1n) is 4.87. The second-order valence-electron chi connectivity index (χ2n) is 3.62. The number of halogens is 1. The summed E-state index contributed by atoms with van der Waals surface area (Å²) in [7, 11) is 1.42. The number of hydrogen-bond donors (Lipinski definition) is 0. The maximum Gasteiger partial charge on any atom is 0.305 e. The predicted molar refractivity (Wildman–Crippen MR) is 64.0 cm³/mol. The number of ether oxygens (including phenoxy) is 1. The summed E-state index contributed by atoms with van der Waals surface area (Å²) in [5, 5.41) is 0. The van der Waals surface area contributed by atoms with Gasteiger partial charge in [-0.2, -0.15) is 0 Å². The number of rotatable bonds is 3. The first-order chi connectivity index (χ1) is 7.04. The van der Waals surface area contributed by atoms with Crippen LogP contribution in [0.15, 0.2) is 16.6 Å². The molecule has 0 fully saturated rings. The molecule has 0 aromatic heterocycles. The highest BCUT2D eigenvalue weighted by atomic mass is 79.9. The van der Waals surface area contributed by atoms with Crippen LogP contribution in [-0.2, 0) is 16.0 Å². The molecule has 0 saturated heterocycles. The van der Waals surface area contributed by atoms with Crippen LogP contribution >= 0.6 is 15.9 Å². The van der Waals surface area contributed by atoms with Crippen LogP contribution in [0.2, 0.25) is 0 Å². The Bertz CT molecular complexity index is 349. The molecule has 2 nitrogen and oxygen atoms in total. The molecule has 0 spiro atoms. The molecule has 0 aliphatic heterocycles. The Labute approximate surface area is 98.8 Å². The summed E-state index contributed by atoms with van der Waals surface area (Å²) in [6.45, 7) is 4.11. The van der Waals surface area contributed by atoms with Crippen molar-refractivity contribution < 1.29 is 9.53 Å². The second kappa shape index (κ2) is 5.31. The van der Waals surface area contributed by atoms with Crippen LogP contribution in [0.3, 0.4) is 0 Å². The van der Waals surface area contributed by atoms with Gasteiger partial charge in [0.25, 0.3) is 0 Å². The topological polar surface area (TPSA) is 26.3 Å². The molecule has 1 aromatic rings. The Hall–Kier alpha value is -0.830. The Morgan fingerprint density at radius 3 is 2.33 bits per heavy atom. The van der Waals surface area contributed by atoms with Gasteiger partial charge in [-0.3, -0.25) is 4.79 Å². The third-order valence-electron chi connectivity index (χ3n) is 2.34. The molecule has 0 aliphatic rings. The van der Waals surface area contributed by atoms with Gasteiger partial charge in [-0.1, -0.05) is 28.1 Å². The molecular formula is C12H15BrO2. The van der Waals surface area contributed by atoms with E-state index in [0.717, 1.165) is 10.9 Å². The summed E-state index contributed by atoms with van der Waals surface area (Å²) in [5.41, 5.74) is 3.59. The molecule has 0 unspecified atom stereocenters. The Morgan fingerprint density at radius 2 is 1.87 bits per heavy atom. The number of benzene rings is 1. The number of carbonyl (C=O) groups excluding carboxylic acids is 1. The van der Waals surface area contributed by atoms with Crippen LogP contribution in [0.5, 0.6) is 0 Å². The van der Waals surface area contributed by atoms with E-state index in [0.29, 0.717) is 6.42 Å². The number of esters is 1. The fourth-order valence-corrected chi connectivity index (χ4v) is 1.76. The number of hydrogen-bond acceptors (Lipinski definition) is 2. The largest absolute Gasteiger partial charge is 0.469 e. The Balaban J connectivity index is 2.75. The molecule has 0 saturated carbocycles. The average molecular weight is 271 g/mol. The fourth-order valence-electron chi connectivity index (χ4n) is 1.53. The standard InChI is InChI=1S/C12H15BrO2/c1-8-6-10(4-5-11(14)15-3)7-9(2)12(8)13/h6-7H,4-5H2,1-3H3. The smallest absolute Gasteiger partial charge is 0.305 e. The van der Waals surface area contributed by atoms with Gasteiger partial charge < -0.3 is 4.74 Å². The highest BCUT2D eigenvalue weighted by molar-refractivity contribution is 9.10. The Morgan fingerprint density at radius 1 is 1.33 bits per heavy atom. The molecule has 1 aromatic carbocycles. The molecule has 0 radical (unpaired) electrons. The third-order valence-corrected chi connectivity index (χ3v) is 3.59. The summed E-state index contributed by atoms with van der Waals surface area (Å²) in [4.78, 5) is 11.0. The van der Waals surface area contributed by atoms with Crippen molar-refractivity contribution in [1.29, 1.82) is 0 Å². The van der Waals surface area contributed by atoms with Gasteiger partial charge in [0, 0.05) is 10.9 Å². The third kappa shape index (κ3) is 3.34. The van der Waals surface area contributed by atoms with Crippen molar-refractivity contribution in [2.45, 2.75) is 26.7 Å². The normalized spacial score (nSPS) is 10.1. The quantitative estimate of drug-likeness (QED) is 0.789. The van der Waals surface area contributed by atoms with Gasteiger partial charge in [0.15, 0.2) is 0 Å². The van der Waals surface area contributed by atoms with Crippen molar-refractivity contribution in [3.05, 3.63) is 33.3 Å². The van der Waals surface area contributed by atoms with E-state index in [1.54, 1.807) is 0 Å². The first-order valence-corrected chi connectivity index (χ1v) is 5.66. The van der Waals surface area contributed by atoms with Gasteiger partial charge in [-0.25, -0.2) is 0 Å². The number of aryl methyl sites for hydroxylation is 3. The summed E-state index contributed by atoms with van der Waals surface area (Å²) >= 11 is 3.52. The van der Waals surface area contributed by atoms with Gasteiger partial charge in [-0.15, -0.1) is 0 Å². The van der Waals surface area contributed by atoms with Crippen LogP contribution in [0.4, 0.5) is 0 Å². The van der Waals surface area contributed by atoms with E-state index in [-0.39, 0.29) is 5.97 Å². The highest BCUT2D eigenvalue weighted by Gasteiger charge is 2.05. The minimum absolute atomic E-state index is 0.159. The second-order valence-corrected chi connectivity index (χ2v) is 4.41. The average Bonchev–Trinajstić information content (AvgIpc) is 2.22. The SMILES string of the molecule is COC(=O)CCc1cc(C)c(Br)c(C)c1. The van der Waals surface area contributed by atoms with Crippen LogP contribution in [0, 0.1) is 13.8 Å². The Kier molecular flexibility index (Phi) is 4.33. The lowest BCUT2D eigenvalue weighted by molar-refractivity contribution is -0.140. The lowest BCUT2D eigenvalue weighted by Crippen LogP contribution is -2.02. The lowest BCUT2D eigenvalue weighted by Gasteiger charge is -2.07. The maximum absolute atomic E-state index is 11.0. The van der Waals surface area contributed by atoms with Crippen LogP contribution in [-0.4, -0.2) is 13.1 Å². The zero-order chi connectivity index (χ0) is 11.4. The minimum Gasteiger partial charge on any atom is -0.469 e. The molecule has 0 bridgehead atoms. The number of methoxy groups -OCH3 is 1. The van der Waals surface area contributed by atoms with Gasteiger partial charge in [-0.05, 0) is 37.0 Å². The summed E-state index contributed by atoms with van der Waals surface area (Å²) in [6.07, 6.45) is 1.18. The van der Waals surface area contributed by atoms with E-state index in [1.165, 1.54) is 23.8 Å². The predicted octanol–water partition coefficient (Wildman–Crippen LogP) is 3.17. The molecule has 3 heteroatoms. The van der Waals surface area contributed by atoms with Crippen molar-refractivity contribution in [1.82, 2.24) is 0 Å². The van der Waals surface area contributed by atoms with E-state index >= 15 is 0 Å². The summed E-state index contributed by atoms with van der Waals surface area (Å²) < 4.78 is 5.75. The van der Waals surface area contributed by atoms with E-state index in [2.05, 4.69) is 46.6 Å². The minimum atomic E-state index is -0.159. The number of carbonyl (C=O) groups is 1. The van der Waals surface area contributed by atoms with Gasteiger partial charge in [0.05, 0.1) is 7.11 Å². The highest BCUT2D eigenvalue weighted by Crippen LogP contribution is 2.23. The fraction of sp³-hybridized carbons (Fsp3) is 0.417. The monoisotopic (exact) mass is 270 g/mol. The van der Waals surface area contributed by atoms with E-state index in [9.17, 15) is 4.79 Å². The molecule has 0 atom stereocenters. The van der Waals surface area contributed by atoms with E-state index in [4.69, 9.17) is 0 Å². The van der Waals surface area contributed by atoms with Crippen molar-refractivity contribution in [3.63, 3.8) is 0 Å². The van der Waals surface area contributed by atoms with Crippen LogP contribution < -0.4 is 0 Å². The van der Waals surface area contributed by atoms with Crippen molar-refractivity contribution >= 4 is 21.9 Å². The molecular weight excluding hydrogens is 256 g/mol. The zero-order valence-corrected chi connectivity index (χ0v) is 10.8. The first kappa shape index (κ1) is 12.2. The summed E-state index contributed by atoms with van der Waals surface area (Å²) in [6, 6.07) is 4.19. The lowest BCUT2D eigenvalue weighted by atomic mass is 10.0. The van der Waals surface area contributed by atoms with Crippen molar-refractivity contribution in [2.75, 3.05) is 7.11 Å². The zero-order valence-electron chi connectivity index (χ0n) is 9.26. The molecule has 0 N–H and O–H groups in total. The van der Waals surface area contributed by atoms with Crippen LogP contribution in [0.25, 0.3) is 0 Å². The van der Waals surface area contributed by atoms with E-state index in [1.807, 2.05) is 0 Å².